The number of aliphatic hydroxyl groups is 2. The van der Waals surface area contributed by atoms with E-state index in [1.54, 1.807) is 36.3 Å². The Morgan fingerprint density at radius 3 is 2.26 bits per heavy atom. The Kier molecular flexibility index (Phi) is 7.66. The SMILES string of the molecule is COc1ccc(C(=O)NCC2OC(CC(=O)N3CCN(c4ccccc4)CC3)C(O)C2O)cc1. The number of carbonyl (C=O) groups excluding carboxylic acids is 2. The van der Waals surface area contributed by atoms with Crippen molar-refractivity contribution in [1.82, 2.24) is 10.2 Å². The Balaban J connectivity index is 1.25. The van der Waals surface area contributed by atoms with Gasteiger partial charge < -0.3 is 34.8 Å². The van der Waals surface area contributed by atoms with Gasteiger partial charge in [-0.1, -0.05) is 18.2 Å². The number of hydrogen-bond acceptors (Lipinski definition) is 7. The zero-order valence-electron chi connectivity index (χ0n) is 19.2. The minimum Gasteiger partial charge on any atom is -0.497 e. The molecule has 0 aromatic heterocycles. The smallest absolute Gasteiger partial charge is 0.251 e. The molecule has 0 radical (unpaired) electrons. The first kappa shape index (κ1) is 24.0. The fourth-order valence-electron chi connectivity index (χ4n) is 4.35. The molecule has 2 amide bonds. The molecule has 9 nitrogen and oxygen atoms in total. The van der Waals surface area contributed by atoms with E-state index in [0.29, 0.717) is 24.4 Å². The monoisotopic (exact) mass is 469 g/mol. The van der Waals surface area contributed by atoms with E-state index in [1.165, 1.54) is 0 Å². The molecule has 2 aliphatic rings. The number of para-hydroxylation sites is 1. The third-order valence-electron chi connectivity index (χ3n) is 6.41. The molecule has 4 atom stereocenters. The number of nitrogens with zero attached hydrogens (tertiary/aromatic N) is 2. The third kappa shape index (κ3) is 5.49. The average Bonchev–Trinajstić information content (AvgIpc) is 3.15. The number of ether oxygens (including phenoxy) is 2. The highest BCUT2D eigenvalue weighted by Gasteiger charge is 2.44. The van der Waals surface area contributed by atoms with Gasteiger partial charge in [-0.3, -0.25) is 9.59 Å². The van der Waals surface area contributed by atoms with Crippen LogP contribution in [0.1, 0.15) is 16.8 Å². The van der Waals surface area contributed by atoms with Crippen molar-refractivity contribution in [2.75, 3.05) is 44.7 Å². The maximum Gasteiger partial charge on any atom is 0.251 e. The van der Waals surface area contributed by atoms with E-state index in [-0.39, 0.29) is 24.8 Å². The molecule has 0 bridgehead atoms. The fraction of sp³-hybridized carbons (Fsp3) is 0.440. The lowest BCUT2D eigenvalue weighted by Gasteiger charge is -2.36. The van der Waals surface area contributed by atoms with Gasteiger partial charge in [-0.2, -0.15) is 0 Å². The van der Waals surface area contributed by atoms with Gasteiger partial charge in [0.15, 0.2) is 0 Å². The number of nitrogens with one attached hydrogen (secondary N) is 1. The first-order valence-electron chi connectivity index (χ1n) is 11.5. The number of aliphatic hydroxyl groups excluding tert-OH is 2. The molecule has 0 saturated carbocycles. The summed E-state index contributed by atoms with van der Waals surface area (Å²) in [7, 11) is 1.55. The molecular weight excluding hydrogens is 438 g/mol. The molecule has 4 unspecified atom stereocenters. The lowest BCUT2D eigenvalue weighted by atomic mass is 10.0. The Morgan fingerprint density at radius 2 is 1.62 bits per heavy atom. The molecule has 2 saturated heterocycles. The predicted octanol–water partition coefficient (Wildman–Crippen LogP) is 0.653. The van der Waals surface area contributed by atoms with E-state index in [9.17, 15) is 19.8 Å². The molecule has 2 aromatic carbocycles. The van der Waals surface area contributed by atoms with Gasteiger partial charge >= 0.3 is 0 Å². The van der Waals surface area contributed by atoms with E-state index in [4.69, 9.17) is 9.47 Å². The predicted molar refractivity (Wildman–Crippen MR) is 126 cm³/mol. The van der Waals surface area contributed by atoms with Gasteiger partial charge in [-0.25, -0.2) is 0 Å². The number of anilines is 1. The van der Waals surface area contributed by atoms with E-state index < -0.39 is 24.4 Å². The Hall–Kier alpha value is -3.14. The Morgan fingerprint density at radius 1 is 0.971 bits per heavy atom. The summed E-state index contributed by atoms with van der Waals surface area (Å²) in [6, 6.07) is 16.7. The van der Waals surface area contributed by atoms with Crippen molar-refractivity contribution in [3.05, 3.63) is 60.2 Å². The molecule has 3 N–H and O–H groups in total. The molecule has 0 aliphatic carbocycles. The van der Waals surface area contributed by atoms with E-state index in [0.717, 1.165) is 18.8 Å². The molecule has 34 heavy (non-hydrogen) atoms. The zero-order valence-corrected chi connectivity index (χ0v) is 19.2. The molecule has 2 fully saturated rings. The van der Waals surface area contributed by atoms with Gasteiger partial charge in [0.2, 0.25) is 5.91 Å². The second-order valence-electron chi connectivity index (χ2n) is 8.54. The van der Waals surface area contributed by atoms with Gasteiger partial charge in [-0.05, 0) is 36.4 Å². The van der Waals surface area contributed by atoms with Gasteiger partial charge in [-0.15, -0.1) is 0 Å². The summed E-state index contributed by atoms with van der Waals surface area (Å²) >= 11 is 0. The standard InChI is InChI=1S/C25H31N3O6/c1-33-19-9-7-17(8-10-19)25(32)26-16-21-24(31)23(30)20(34-21)15-22(29)28-13-11-27(12-14-28)18-5-3-2-4-6-18/h2-10,20-21,23-24,30-31H,11-16H2,1H3,(H,26,32). The summed E-state index contributed by atoms with van der Waals surface area (Å²) in [6.07, 6.45) is -4.03. The quantitative estimate of drug-likeness (QED) is 0.546. The van der Waals surface area contributed by atoms with Crippen molar-refractivity contribution in [2.45, 2.75) is 30.8 Å². The van der Waals surface area contributed by atoms with Crippen LogP contribution in [0.2, 0.25) is 0 Å². The molecular formula is C25H31N3O6. The number of piperazine rings is 1. The number of rotatable bonds is 7. The second kappa shape index (κ2) is 10.9. The van der Waals surface area contributed by atoms with E-state index in [2.05, 4.69) is 22.3 Å². The highest BCUT2D eigenvalue weighted by molar-refractivity contribution is 5.94. The minimum atomic E-state index is -1.20. The molecule has 182 valence electrons. The van der Waals surface area contributed by atoms with Crippen molar-refractivity contribution in [1.29, 1.82) is 0 Å². The third-order valence-corrected chi connectivity index (χ3v) is 6.41. The average molecular weight is 470 g/mol. The van der Waals surface area contributed by atoms with Crippen molar-refractivity contribution >= 4 is 17.5 Å². The number of carbonyl (C=O) groups is 2. The first-order chi connectivity index (χ1) is 16.5. The van der Waals surface area contributed by atoms with Crippen LogP contribution in [0.25, 0.3) is 0 Å². The van der Waals surface area contributed by atoms with Crippen LogP contribution in [0.15, 0.2) is 54.6 Å². The number of methoxy groups -OCH3 is 1. The molecule has 9 heteroatoms. The molecule has 2 aromatic rings. The first-order valence-corrected chi connectivity index (χ1v) is 11.5. The van der Waals surface area contributed by atoms with Crippen LogP contribution in [0.4, 0.5) is 5.69 Å². The lowest BCUT2D eigenvalue weighted by molar-refractivity contribution is -0.135. The van der Waals surface area contributed by atoms with Crippen molar-refractivity contribution < 1.29 is 29.3 Å². The zero-order chi connectivity index (χ0) is 24.1. The topological polar surface area (TPSA) is 112 Å². The second-order valence-corrected chi connectivity index (χ2v) is 8.54. The van der Waals surface area contributed by atoms with Crippen LogP contribution >= 0.6 is 0 Å². The van der Waals surface area contributed by atoms with Crippen molar-refractivity contribution in [3.63, 3.8) is 0 Å². The lowest BCUT2D eigenvalue weighted by Crippen LogP contribution is -2.49. The number of amides is 2. The van der Waals surface area contributed by atoms with Crippen LogP contribution < -0.4 is 15.0 Å². The molecule has 2 heterocycles. The van der Waals surface area contributed by atoms with Gasteiger partial charge in [0, 0.05) is 44.0 Å². The van der Waals surface area contributed by atoms with Crippen molar-refractivity contribution in [2.24, 2.45) is 0 Å². The molecule has 4 rings (SSSR count). The number of benzene rings is 2. The van der Waals surface area contributed by atoms with Gasteiger partial charge in [0.05, 0.1) is 19.6 Å². The highest BCUT2D eigenvalue weighted by Crippen LogP contribution is 2.25. The number of hydrogen-bond donors (Lipinski definition) is 3. The van der Waals surface area contributed by atoms with Crippen LogP contribution in [-0.4, -0.2) is 91.2 Å². The van der Waals surface area contributed by atoms with Crippen LogP contribution in [-0.2, 0) is 9.53 Å². The summed E-state index contributed by atoms with van der Waals surface area (Å²) in [5.74, 6) is 0.193. The minimum absolute atomic E-state index is 0.0174. The van der Waals surface area contributed by atoms with Crippen LogP contribution in [0, 0.1) is 0 Å². The summed E-state index contributed by atoms with van der Waals surface area (Å²) in [5, 5.41) is 23.5. The highest BCUT2D eigenvalue weighted by atomic mass is 16.5. The van der Waals surface area contributed by atoms with Crippen molar-refractivity contribution in [3.8, 4) is 5.75 Å². The Bertz CT molecular complexity index is 962. The Labute approximate surface area is 198 Å². The molecule has 2 aliphatic heterocycles. The van der Waals surface area contributed by atoms with Gasteiger partial charge in [0.25, 0.3) is 5.91 Å². The summed E-state index contributed by atoms with van der Waals surface area (Å²) in [5.41, 5.74) is 1.57. The van der Waals surface area contributed by atoms with E-state index >= 15 is 0 Å². The normalized spacial score (nSPS) is 24.7. The van der Waals surface area contributed by atoms with Crippen LogP contribution in [0.5, 0.6) is 5.75 Å². The maximum absolute atomic E-state index is 12.8. The van der Waals surface area contributed by atoms with E-state index in [1.807, 2.05) is 18.2 Å². The maximum atomic E-state index is 12.8. The van der Waals surface area contributed by atoms with Crippen LogP contribution in [0.3, 0.4) is 0 Å². The fourth-order valence-corrected chi connectivity index (χ4v) is 4.35. The summed E-state index contributed by atoms with van der Waals surface area (Å²) < 4.78 is 10.9. The summed E-state index contributed by atoms with van der Waals surface area (Å²) in [4.78, 5) is 29.2. The van der Waals surface area contributed by atoms with Gasteiger partial charge in [0.1, 0.15) is 24.1 Å². The summed E-state index contributed by atoms with van der Waals surface area (Å²) in [6.45, 7) is 2.64. The molecule has 0 spiro atoms. The largest absolute Gasteiger partial charge is 0.497 e.